The first-order valence-corrected chi connectivity index (χ1v) is 11.1. The van der Waals surface area contributed by atoms with Crippen molar-refractivity contribution in [3.63, 3.8) is 0 Å². The highest BCUT2D eigenvalue weighted by molar-refractivity contribution is 8.13. The molecule has 0 aliphatic heterocycles. The Labute approximate surface area is 183 Å². The van der Waals surface area contributed by atoms with E-state index in [1.165, 1.54) is 23.3 Å². The van der Waals surface area contributed by atoms with Crippen molar-refractivity contribution >= 4 is 16.9 Å². The number of halogens is 1. The van der Waals surface area contributed by atoms with Crippen LogP contribution in [-0.2, 0) is 19.5 Å². The van der Waals surface area contributed by atoms with Crippen LogP contribution in [0.2, 0.25) is 0 Å². The fraction of sp³-hybridized carbons (Fsp3) is 0.192. The SMILES string of the molecule is C=CCN=C(SCCc1ccccc1)N(Cc1ccccc1)Cc1ccc(F)cc1. The third-order valence-electron chi connectivity index (χ3n) is 4.59. The molecule has 0 amide bonds. The lowest BCUT2D eigenvalue weighted by Crippen LogP contribution is -2.28. The number of nitrogens with zero attached hydrogens (tertiary/aromatic N) is 2. The molecule has 0 aromatic heterocycles. The average molecular weight is 419 g/mol. The van der Waals surface area contributed by atoms with E-state index in [4.69, 9.17) is 4.99 Å². The highest BCUT2D eigenvalue weighted by Crippen LogP contribution is 2.19. The summed E-state index contributed by atoms with van der Waals surface area (Å²) in [7, 11) is 0. The number of aryl methyl sites for hydroxylation is 1. The maximum atomic E-state index is 13.4. The molecule has 0 N–H and O–H groups in total. The van der Waals surface area contributed by atoms with Crippen molar-refractivity contribution in [2.45, 2.75) is 19.5 Å². The molecule has 0 atom stereocenters. The van der Waals surface area contributed by atoms with E-state index in [2.05, 4.69) is 60.0 Å². The standard InChI is InChI=1S/C26H27FN2S/c1-2-18-28-26(30-19-17-22-9-5-3-6-10-22)29(20-23-11-7-4-8-12-23)21-24-13-15-25(27)16-14-24/h2-16H,1,17-21H2. The van der Waals surface area contributed by atoms with Gasteiger partial charge in [0, 0.05) is 18.8 Å². The van der Waals surface area contributed by atoms with Gasteiger partial charge in [-0.15, -0.1) is 6.58 Å². The molecule has 0 aliphatic rings. The van der Waals surface area contributed by atoms with Gasteiger partial charge in [0.2, 0.25) is 0 Å². The zero-order valence-electron chi connectivity index (χ0n) is 17.1. The summed E-state index contributed by atoms with van der Waals surface area (Å²) in [6.45, 7) is 5.81. The normalized spacial score (nSPS) is 11.3. The van der Waals surface area contributed by atoms with Gasteiger partial charge in [0.15, 0.2) is 5.17 Å². The molecule has 0 saturated carbocycles. The van der Waals surface area contributed by atoms with Gasteiger partial charge in [-0.25, -0.2) is 4.39 Å². The van der Waals surface area contributed by atoms with Crippen molar-refractivity contribution in [3.05, 3.63) is 120 Å². The molecule has 154 valence electrons. The summed E-state index contributed by atoms with van der Waals surface area (Å²) in [5, 5.41) is 0.985. The van der Waals surface area contributed by atoms with Crippen molar-refractivity contribution in [1.82, 2.24) is 4.90 Å². The number of amidine groups is 1. The van der Waals surface area contributed by atoms with Crippen LogP contribution >= 0.6 is 11.8 Å². The minimum absolute atomic E-state index is 0.217. The first-order valence-electron chi connectivity index (χ1n) is 10.1. The van der Waals surface area contributed by atoms with Gasteiger partial charge < -0.3 is 4.90 Å². The molecule has 30 heavy (non-hydrogen) atoms. The fourth-order valence-electron chi connectivity index (χ4n) is 3.09. The van der Waals surface area contributed by atoms with Crippen LogP contribution < -0.4 is 0 Å². The van der Waals surface area contributed by atoms with Gasteiger partial charge in [-0.3, -0.25) is 4.99 Å². The van der Waals surface area contributed by atoms with E-state index in [1.807, 2.05) is 30.3 Å². The molecule has 3 aromatic rings. The van der Waals surface area contributed by atoms with Gasteiger partial charge in [-0.05, 0) is 35.2 Å². The maximum absolute atomic E-state index is 13.4. The summed E-state index contributed by atoms with van der Waals surface area (Å²) in [5.74, 6) is 0.723. The third-order valence-corrected chi connectivity index (χ3v) is 5.65. The summed E-state index contributed by atoms with van der Waals surface area (Å²) >= 11 is 1.76. The van der Waals surface area contributed by atoms with Gasteiger partial charge in [-0.2, -0.15) is 0 Å². The van der Waals surface area contributed by atoms with Crippen LogP contribution in [0.1, 0.15) is 16.7 Å². The molecule has 0 spiro atoms. The van der Waals surface area contributed by atoms with Crippen molar-refractivity contribution in [2.24, 2.45) is 4.99 Å². The second kappa shape index (κ2) is 12.0. The first kappa shape index (κ1) is 21.8. The van der Waals surface area contributed by atoms with E-state index in [1.54, 1.807) is 11.8 Å². The molecule has 0 saturated heterocycles. The Morgan fingerprint density at radius 1 is 0.833 bits per heavy atom. The van der Waals surface area contributed by atoms with E-state index >= 15 is 0 Å². The monoisotopic (exact) mass is 418 g/mol. The zero-order valence-corrected chi connectivity index (χ0v) is 17.9. The van der Waals surface area contributed by atoms with Crippen LogP contribution in [0.3, 0.4) is 0 Å². The second-order valence-electron chi connectivity index (χ2n) is 6.96. The molecule has 0 unspecified atom stereocenters. The van der Waals surface area contributed by atoms with Crippen molar-refractivity contribution in [2.75, 3.05) is 12.3 Å². The van der Waals surface area contributed by atoms with Crippen molar-refractivity contribution < 1.29 is 4.39 Å². The van der Waals surface area contributed by atoms with Crippen LogP contribution in [0.15, 0.2) is 103 Å². The first-order chi connectivity index (χ1) is 14.7. The Bertz CT molecular complexity index is 924. The molecular weight excluding hydrogens is 391 g/mol. The van der Waals surface area contributed by atoms with Crippen LogP contribution in [0, 0.1) is 5.82 Å². The van der Waals surface area contributed by atoms with Crippen molar-refractivity contribution in [3.8, 4) is 0 Å². The lowest BCUT2D eigenvalue weighted by Gasteiger charge is -2.26. The van der Waals surface area contributed by atoms with E-state index in [0.29, 0.717) is 13.1 Å². The second-order valence-corrected chi connectivity index (χ2v) is 8.03. The Morgan fingerprint density at radius 2 is 1.40 bits per heavy atom. The van der Waals surface area contributed by atoms with Crippen LogP contribution in [0.4, 0.5) is 4.39 Å². The van der Waals surface area contributed by atoms with Gasteiger partial charge in [0.25, 0.3) is 0 Å². The van der Waals surface area contributed by atoms with Gasteiger partial charge in [0.05, 0.1) is 6.54 Å². The number of hydrogen-bond donors (Lipinski definition) is 0. The number of rotatable bonds is 9. The molecule has 0 fully saturated rings. The molecule has 0 aliphatic carbocycles. The summed E-state index contributed by atoms with van der Waals surface area (Å²) in [6.07, 6.45) is 2.80. The maximum Gasteiger partial charge on any atom is 0.160 e. The lowest BCUT2D eigenvalue weighted by molar-refractivity contribution is 0.413. The quantitative estimate of drug-likeness (QED) is 0.229. The van der Waals surface area contributed by atoms with E-state index in [-0.39, 0.29) is 5.82 Å². The molecule has 3 rings (SSSR count). The van der Waals surface area contributed by atoms with Gasteiger partial charge in [-0.1, -0.05) is 90.6 Å². The third kappa shape index (κ3) is 7.20. The average Bonchev–Trinajstić information content (AvgIpc) is 2.78. The number of benzene rings is 3. The topological polar surface area (TPSA) is 15.6 Å². The largest absolute Gasteiger partial charge is 0.343 e. The molecular formula is C26H27FN2S. The summed E-state index contributed by atoms with van der Waals surface area (Å²) < 4.78 is 13.4. The molecule has 4 heteroatoms. The van der Waals surface area contributed by atoms with E-state index < -0.39 is 0 Å². The summed E-state index contributed by atoms with van der Waals surface area (Å²) in [5.41, 5.74) is 3.60. The van der Waals surface area contributed by atoms with E-state index in [0.717, 1.165) is 29.4 Å². The van der Waals surface area contributed by atoms with Gasteiger partial charge >= 0.3 is 0 Å². The van der Waals surface area contributed by atoms with E-state index in [9.17, 15) is 4.39 Å². The van der Waals surface area contributed by atoms with Crippen LogP contribution in [0.5, 0.6) is 0 Å². The predicted octanol–water partition coefficient (Wildman–Crippen LogP) is 6.35. The summed E-state index contributed by atoms with van der Waals surface area (Å²) in [6, 6.07) is 27.6. The Hall–Kier alpha value is -2.85. The van der Waals surface area contributed by atoms with Gasteiger partial charge in [0.1, 0.15) is 5.82 Å². The number of aliphatic imine (C=N–C) groups is 1. The molecule has 0 radical (unpaired) electrons. The number of thioether (sulfide) groups is 1. The fourth-order valence-corrected chi connectivity index (χ4v) is 4.09. The Morgan fingerprint density at radius 3 is 2.00 bits per heavy atom. The minimum atomic E-state index is -0.217. The van der Waals surface area contributed by atoms with Crippen LogP contribution in [0.25, 0.3) is 0 Å². The number of hydrogen-bond acceptors (Lipinski definition) is 2. The molecule has 3 aromatic carbocycles. The Kier molecular flexibility index (Phi) is 8.73. The predicted molar refractivity (Wildman–Crippen MR) is 127 cm³/mol. The highest BCUT2D eigenvalue weighted by Gasteiger charge is 2.14. The molecule has 0 heterocycles. The van der Waals surface area contributed by atoms with Crippen LogP contribution in [-0.4, -0.2) is 22.4 Å². The Balaban J connectivity index is 1.77. The minimum Gasteiger partial charge on any atom is -0.343 e. The molecule has 2 nitrogen and oxygen atoms in total. The summed E-state index contributed by atoms with van der Waals surface area (Å²) in [4.78, 5) is 7.06. The lowest BCUT2D eigenvalue weighted by atomic mass is 10.2. The molecule has 0 bridgehead atoms. The highest BCUT2D eigenvalue weighted by atomic mass is 32.2. The zero-order chi connectivity index (χ0) is 21.0. The van der Waals surface area contributed by atoms with Crippen molar-refractivity contribution in [1.29, 1.82) is 0 Å². The smallest absolute Gasteiger partial charge is 0.160 e.